The van der Waals surface area contributed by atoms with E-state index in [1.165, 1.54) is 4.88 Å². The number of carbonyl (C=O) groups is 1. The Hall–Kier alpha value is -2.58. The molecular weight excluding hydrogens is 348 g/mol. The molecule has 0 aliphatic carbocycles. The van der Waals surface area contributed by atoms with Gasteiger partial charge in [0.2, 0.25) is 0 Å². The average Bonchev–Trinajstić information content (AvgIpc) is 3.36. The molecule has 1 aliphatic rings. The van der Waals surface area contributed by atoms with Crippen molar-refractivity contribution in [3.63, 3.8) is 0 Å². The van der Waals surface area contributed by atoms with E-state index in [1.807, 2.05) is 12.1 Å². The molecule has 1 aliphatic heterocycles. The van der Waals surface area contributed by atoms with Gasteiger partial charge >= 0.3 is 0 Å². The van der Waals surface area contributed by atoms with Gasteiger partial charge in [-0.2, -0.15) is 0 Å². The molecule has 4 heterocycles. The molecule has 1 fully saturated rings. The zero-order valence-corrected chi connectivity index (χ0v) is 15.1. The normalized spacial score (nSPS) is 17.9. The van der Waals surface area contributed by atoms with E-state index >= 15 is 0 Å². The minimum atomic E-state index is -0.136. The molecule has 26 heavy (non-hydrogen) atoms. The van der Waals surface area contributed by atoms with E-state index in [0.29, 0.717) is 11.5 Å². The van der Waals surface area contributed by atoms with Gasteiger partial charge in [0.1, 0.15) is 24.2 Å². The number of carbonyl (C=O) groups excluding carboxylic acids is 1. The molecular formula is C18H20N6OS. The van der Waals surface area contributed by atoms with E-state index in [-0.39, 0.29) is 11.9 Å². The highest BCUT2D eigenvalue weighted by Gasteiger charge is 2.22. The van der Waals surface area contributed by atoms with Crippen LogP contribution in [-0.2, 0) is 6.54 Å². The smallest absolute Gasteiger partial charge is 0.270 e. The predicted octanol–water partition coefficient (Wildman–Crippen LogP) is 2.12. The number of nitrogens with one attached hydrogen (secondary N) is 1. The van der Waals surface area contributed by atoms with E-state index in [2.05, 4.69) is 42.9 Å². The molecule has 1 saturated heterocycles. The number of amides is 1. The zero-order chi connectivity index (χ0) is 17.8. The van der Waals surface area contributed by atoms with Crippen LogP contribution >= 0.6 is 11.3 Å². The maximum Gasteiger partial charge on any atom is 0.270 e. The van der Waals surface area contributed by atoms with Crippen LogP contribution in [0.25, 0.3) is 5.82 Å². The summed E-state index contributed by atoms with van der Waals surface area (Å²) in [6.45, 7) is 2.89. The van der Waals surface area contributed by atoms with Crippen molar-refractivity contribution in [2.75, 3.05) is 13.1 Å². The second-order valence-corrected chi connectivity index (χ2v) is 7.41. The number of pyridine rings is 1. The topological polar surface area (TPSA) is 75.9 Å². The minimum Gasteiger partial charge on any atom is -0.347 e. The van der Waals surface area contributed by atoms with Gasteiger partial charge in [-0.05, 0) is 43.0 Å². The highest BCUT2D eigenvalue weighted by atomic mass is 32.1. The summed E-state index contributed by atoms with van der Waals surface area (Å²) in [5, 5.41) is 12.8. The van der Waals surface area contributed by atoms with E-state index in [4.69, 9.17) is 0 Å². The van der Waals surface area contributed by atoms with Crippen molar-refractivity contribution in [1.82, 2.24) is 30.0 Å². The summed E-state index contributed by atoms with van der Waals surface area (Å²) in [7, 11) is 0. The summed E-state index contributed by atoms with van der Waals surface area (Å²) >= 11 is 1.78. The molecule has 4 rings (SSSR count). The van der Waals surface area contributed by atoms with Crippen LogP contribution in [0.4, 0.5) is 0 Å². The third-order valence-corrected chi connectivity index (χ3v) is 5.31. The Morgan fingerprint density at radius 2 is 2.12 bits per heavy atom. The molecule has 0 radical (unpaired) electrons. The minimum absolute atomic E-state index is 0.136. The Morgan fingerprint density at radius 1 is 1.23 bits per heavy atom. The SMILES string of the molecule is O=C(N[C@H]1CCCN(Cc2cccs2)C1)c1cccc(-n2cnnc2)n1. The van der Waals surface area contributed by atoms with Crippen molar-refractivity contribution in [2.45, 2.75) is 25.4 Å². The van der Waals surface area contributed by atoms with E-state index < -0.39 is 0 Å². The Labute approximate surface area is 155 Å². The quantitative estimate of drug-likeness (QED) is 0.747. The molecule has 0 aromatic carbocycles. The van der Waals surface area contributed by atoms with Crippen LogP contribution < -0.4 is 5.32 Å². The average molecular weight is 368 g/mol. The lowest BCUT2D eigenvalue weighted by Gasteiger charge is -2.32. The van der Waals surface area contributed by atoms with Crippen LogP contribution in [0.1, 0.15) is 28.2 Å². The van der Waals surface area contributed by atoms with Gasteiger partial charge in [0, 0.05) is 24.0 Å². The third kappa shape index (κ3) is 3.97. The van der Waals surface area contributed by atoms with Crippen LogP contribution in [0.2, 0.25) is 0 Å². The number of nitrogens with zero attached hydrogens (tertiary/aromatic N) is 5. The summed E-state index contributed by atoms with van der Waals surface area (Å²) in [6.07, 6.45) is 5.21. The highest BCUT2D eigenvalue weighted by molar-refractivity contribution is 7.09. The summed E-state index contributed by atoms with van der Waals surface area (Å²) in [5.41, 5.74) is 0.409. The van der Waals surface area contributed by atoms with Crippen LogP contribution in [0.15, 0.2) is 48.4 Å². The van der Waals surface area contributed by atoms with Crippen LogP contribution in [-0.4, -0.2) is 49.7 Å². The first-order valence-corrected chi connectivity index (χ1v) is 9.53. The van der Waals surface area contributed by atoms with Crippen LogP contribution in [0.3, 0.4) is 0 Å². The van der Waals surface area contributed by atoms with Crippen molar-refractivity contribution < 1.29 is 4.79 Å². The van der Waals surface area contributed by atoms with Crippen molar-refractivity contribution >= 4 is 17.2 Å². The number of piperidine rings is 1. The summed E-state index contributed by atoms with van der Waals surface area (Å²) in [4.78, 5) is 20.8. The molecule has 1 amide bonds. The lowest BCUT2D eigenvalue weighted by molar-refractivity contribution is 0.0896. The first-order chi connectivity index (χ1) is 12.8. The number of likely N-dealkylation sites (tertiary alicyclic amines) is 1. The van der Waals surface area contributed by atoms with Crippen LogP contribution in [0.5, 0.6) is 0 Å². The van der Waals surface area contributed by atoms with E-state index in [0.717, 1.165) is 32.5 Å². The third-order valence-electron chi connectivity index (χ3n) is 4.45. The maximum absolute atomic E-state index is 12.6. The molecule has 1 N–H and O–H groups in total. The Morgan fingerprint density at radius 3 is 2.92 bits per heavy atom. The zero-order valence-electron chi connectivity index (χ0n) is 14.3. The molecule has 8 heteroatoms. The van der Waals surface area contributed by atoms with E-state index in [1.54, 1.807) is 34.6 Å². The molecule has 1 atom stereocenters. The number of rotatable bonds is 5. The van der Waals surface area contributed by atoms with E-state index in [9.17, 15) is 4.79 Å². The Kier molecular flexibility index (Phi) is 5.03. The molecule has 7 nitrogen and oxygen atoms in total. The molecule has 3 aromatic heterocycles. The molecule has 0 bridgehead atoms. The largest absolute Gasteiger partial charge is 0.347 e. The summed E-state index contributed by atoms with van der Waals surface area (Å²) < 4.78 is 1.68. The van der Waals surface area contributed by atoms with Gasteiger partial charge in [-0.15, -0.1) is 21.5 Å². The molecule has 0 spiro atoms. The second-order valence-electron chi connectivity index (χ2n) is 6.38. The summed E-state index contributed by atoms with van der Waals surface area (Å²) in [6, 6.07) is 9.77. The Bertz CT molecular complexity index is 848. The van der Waals surface area contributed by atoms with Gasteiger partial charge < -0.3 is 5.32 Å². The predicted molar refractivity (Wildman–Crippen MR) is 99.2 cm³/mol. The second kappa shape index (κ2) is 7.76. The van der Waals surface area contributed by atoms with Crippen molar-refractivity contribution in [3.8, 4) is 5.82 Å². The first-order valence-electron chi connectivity index (χ1n) is 8.65. The maximum atomic E-state index is 12.6. The summed E-state index contributed by atoms with van der Waals surface area (Å²) in [5.74, 6) is 0.494. The fourth-order valence-electron chi connectivity index (χ4n) is 3.21. The first kappa shape index (κ1) is 16.9. The molecule has 0 unspecified atom stereocenters. The number of aromatic nitrogens is 4. The Balaban J connectivity index is 1.39. The molecule has 3 aromatic rings. The monoisotopic (exact) mass is 368 g/mol. The standard InChI is InChI=1S/C18H20N6OS/c25-18(16-6-1-7-17(22-16)24-12-19-20-13-24)21-14-4-2-8-23(10-14)11-15-5-3-9-26-15/h1,3,5-7,9,12-14H,2,4,8,10-11H2,(H,21,25)/t14-/m0/s1. The van der Waals surface area contributed by atoms with Gasteiger partial charge in [-0.3, -0.25) is 14.3 Å². The van der Waals surface area contributed by atoms with Crippen molar-refractivity contribution in [1.29, 1.82) is 0 Å². The molecule has 134 valence electrons. The fraction of sp³-hybridized carbons (Fsp3) is 0.333. The van der Waals surface area contributed by atoms with Gasteiger partial charge in [0.05, 0.1) is 0 Å². The number of thiophene rings is 1. The van der Waals surface area contributed by atoms with Crippen molar-refractivity contribution in [3.05, 3.63) is 58.9 Å². The van der Waals surface area contributed by atoms with Gasteiger partial charge in [-0.1, -0.05) is 12.1 Å². The van der Waals surface area contributed by atoms with Gasteiger partial charge in [0.25, 0.3) is 5.91 Å². The lowest BCUT2D eigenvalue weighted by Crippen LogP contribution is -2.47. The molecule has 0 saturated carbocycles. The number of hydrogen-bond acceptors (Lipinski definition) is 6. The number of hydrogen-bond donors (Lipinski definition) is 1. The lowest BCUT2D eigenvalue weighted by atomic mass is 10.1. The highest BCUT2D eigenvalue weighted by Crippen LogP contribution is 2.17. The van der Waals surface area contributed by atoms with Gasteiger partial charge in [-0.25, -0.2) is 4.98 Å². The fourth-order valence-corrected chi connectivity index (χ4v) is 3.96. The van der Waals surface area contributed by atoms with Crippen LogP contribution in [0, 0.1) is 0 Å². The van der Waals surface area contributed by atoms with Crippen molar-refractivity contribution in [2.24, 2.45) is 0 Å². The van der Waals surface area contributed by atoms with Gasteiger partial charge in [0.15, 0.2) is 0 Å².